The van der Waals surface area contributed by atoms with E-state index in [0.717, 1.165) is 16.9 Å². The van der Waals surface area contributed by atoms with Crippen LogP contribution in [0.3, 0.4) is 0 Å². The lowest BCUT2D eigenvalue weighted by Crippen LogP contribution is -2.52. The standard InChI is InChI=1S/C21H26F2N4O3S.ClH/c1-11(2)16(24)21(30)27-9-14(28)7-15(27)20(29)25-8-12-3-5-13(6-4-12)18-17(19(22)23)26-10-31-18;/h3-6,10-11,14-16,19,28H,7-9,24H2,1-2H3,(H,25,29);1H/t14-,15+,16?;/m1./s1. The summed E-state index contributed by atoms with van der Waals surface area (Å²) >= 11 is 1.15. The number of carbonyl (C=O) groups excluding carboxylic acids is 2. The maximum Gasteiger partial charge on any atom is 0.281 e. The number of nitrogens with zero attached hydrogens (tertiary/aromatic N) is 2. The lowest BCUT2D eigenvalue weighted by molar-refractivity contribution is -0.140. The molecule has 1 fully saturated rings. The molecule has 2 amide bonds. The van der Waals surface area contributed by atoms with Gasteiger partial charge in [-0.3, -0.25) is 9.59 Å². The summed E-state index contributed by atoms with van der Waals surface area (Å²) in [6.45, 7) is 3.93. The molecule has 1 aliphatic heterocycles. The van der Waals surface area contributed by atoms with Crippen LogP contribution in [-0.4, -0.2) is 51.5 Å². The van der Waals surface area contributed by atoms with E-state index in [-0.39, 0.29) is 55.3 Å². The second kappa shape index (κ2) is 11.1. The van der Waals surface area contributed by atoms with Gasteiger partial charge in [0, 0.05) is 19.5 Å². The van der Waals surface area contributed by atoms with Gasteiger partial charge in [-0.1, -0.05) is 38.1 Å². The molecule has 0 radical (unpaired) electrons. The first kappa shape index (κ1) is 26.1. The number of benzene rings is 1. The maximum atomic E-state index is 13.0. The number of aromatic nitrogens is 1. The molecule has 7 nitrogen and oxygen atoms in total. The molecule has 2 aromatic rings. The van der Waals surface area contributed by atoms with E-state index in [4.69, 9.17) is 5.73 Å². The highest BCUT2D eigenvalue weighted by Crippen LogP contribution is 2.33. The van der Waals surface area contributed by atoms with E-state index < -0.39 is 24.6 Å². The van der Waals surface area contributed by atoms with Crippen LogP contribution in [0, 0.1) is 5.92 Å². The summed E-state index contributed by atoms with van der Waals surface area (Å²) in [7, 11) is 0. The summed E-state index contributed by atoms with van der Waals surface area (Å²) in [6.07, 6.45) is -3.26. The molecule has 176 valence electrons. The largest absolute Gasteiger partial charge is 0.391 e. The SMILES string of the molecule is CC(C)C(N)C(=O)N1C[C@H](O)C[C@H]1C(=O)NCc1ccc(-c2scnc2C(F)F)cc1.Cl. The number of hydrogen-bond donors (Lipinski definition) is 3. The van der Waals surface area contributed by atoms with Gasteiger partial charge in [-0.15, -0.1) is 23.7 Å². The minimum absolute atomic E-state index is 0. The first-order valence-corrected chi connectivity index (χ1v) is 10.9. The zero-order valence-electron chi connectivity index (χ0n) is 17.7. The van der Waals surface area contributed by atoms with Gasteiger partial charge < -0.3 is 21.1 Å². The van der Waals surface area contributed by atoms with Crippen molar-refractivity contribution in [2.45, 2.75) is 51.4 Å². The third kappa shape index (κ3) is 5.80. The van der Waals surface area contributed by atoms with Crippen LogP contribution in [-0.2, 0) is 16.1 Å². The molecule has 1 aromatic carbocycles. The smallest absolute Gasteiger partial charge is 0.281 e. The van der Waals surface area contributed by atoms with Crippen LogP contribution in [0.5, 0.6) is 0 Å². The molecule has 3 atom stereocenters. The molecule has 32 heavy (non-hydrogen) atoms. The fraction of sp³-hybridized carbons (Fsp3) is 0.476. The Morgan fingerprint density at radius 2 is 1.97 bits per heavy atom. The monoisotopic (exact) mass is 488 g/mol. The number of rotatable bonds is 7. The number of hydrogen-bond acceptors (Lipinski definition) is 6. The van der Waals surface area contributed by atoms with Crippen molar-refractivity contribution in [1.29, 1.82) is 0 Å². The highest BCUT2D eigenvalue weighted by atomic mass is 35.5. The number of nitrogens with one attached hydrogen (secondary N) is 1. The van der Waals surface area contributed by atoms with Gasteiger partial charge in [0.15, 0.2) is 0 Å². The molecule has 1 aliphatic rings. The van der Waals surface area contributed by atoms with E-state index in [0.29, 0.717) is 10.4 Å². The van der Waals surface area contributed by atoms with Crippen molar-refractivity contribution in [3.05, 3.63) is 41.0 Å². The number of alkyl halides is 2. The van der Waals surface area contributed by atoms with Gasteiger partial charge in [0.25, 0.3) is 6.43 Å². The predicted molar refractivity (Wildman–Crippen MR) is 121 cm³/mol. The third-order valence-corrected chi connectivity index (χ3v) is 6.24. The van der Waals surface area contributed by atoms with Crippen LogP contribution < -0.4 is 11.1 Å². The minimum Gasteiger partial charge on any atom is -0.391 e. The van der Waals surface area contributed by atoms with Crippen LogP contribution in [0.2, 0.25) is 0 Å². The van der Waals surface area contributed by atoms with Crippen molar-refractivity contribution < 1.29 is 23.5 Å². The topological polar surface area (TPSA) is 109 Å². The summed E-state index contributed by atoms with van der Waals surface area (Å²) in [5.74, 6) is -0.806. The second-order valence-corrected chi connectivity index (χ2v) is 8.80. The van der Waals surface area contributed by atoms with Crippen LogP contribution in [0.4, 0.5) is 8.78 Å². The van der Waals surface area contributed by atoms with Crippen molar-refractivity contribution >= 4 is 35.6 Å². The molecule has 0 saturated carbocycles. The quantitative estimate of drug-likeness (QED) is 0.555. The van der Waals surface area contributed by atoms with Gasteiger partial charge in [0.1, 0.15) is 11.7 Å². The van der Waals surface area contributed by atoms with Crippen LogP contribution in [0.1, 0.15) is 38.0 Å². The molecule has 11 heteroatoms. The number of likely N-dealkylation sites (tertiary alicyclic amines) is 1. The number of amides is 2. The molecule has 0 aliphatic carbocycles. The molecule has 0 bridgehead atoms. The molecule has 1 unspecified atom stereocenters. The Balaban J connectivity index is 0.00000363. The molecule has 0 spiro atoms. The Kier molecular flexibility index (Phi) is 9.08. The van der Waals surface area contributed by atoms with Gasteiger partial charge in [0.2, 0.25) is 11.8 Å². The Morgan fingerprint density at radius 1 is 1.31 bits per heavy atom. The zero-order valence-corrected chi connectivity index (χ0v) is 19.3. The van der Waals surface area contributed by atoms with Gasteiger partial charge in [-0.25, -0.2) is 13.8 Å². The molecule has 1 saturated heterocycles. The highest BCUT2D eigenvalue weighted by molar-refractivity contribution is 7.13. The number of halogens is 3. The minimum atomic E-state index is -2.64. The lowest BCUT2D eigenvalue weighted by atomic mass is 10.0. The molecule has 3 rings (SSSR count). The van der Waals surface area contributed by atoms with Crippen molar-refractivity contribution in [2.75, 3.05) is 6.54 Å². The summed E-state index contributed by atoms with van der Waals surface area (Å²) in [5.41, 5.74) is 8.49. The van der Waals surface area contributed by atoms with Gasteiger partial charge in [0.05, 0.1) is 22.5 Å². The second-order valence-electron chi connectivity index (χ2n) is 7.95. The number of β-amino-alcohol motifs (C(OH)–C–C–N with tert-alkyl or cyclic N) is 1. The average Bonchev–Trinajstić information content (AvgIpc) is 3.38. The molecule has 2 heterocycles. The molecular weight excluding hydrogens is 462 g/mol. The van der Waals surface area contributed by atoms with Crippen LogP contribution >= 0.6 is 23.7 Å². The molecular formula is C21H27ClF2N4O3S. The first-order chi connectivity index (χ1) is 14.7. The Morgan fingerprint density at radius 3 is 2.56 bits per heavy atom. The zero-order chi connectivity index (χ0) is 22.7. The van der Waals surface area contributed by atoms with Gasteiger partial charge in [-0.05, 0) is 17.0 Å². The van der Waals surface area contributed by atoms with E-state index in [1.54, 1.807) is 24.3 Å². The fourth-order valence-electron chi connectivity index (χ4n) is 3.49. The van der Waals surface area contributed by atoms with Gasteiger partial charge >= 0.3 is 0 Å². The van der Waals surface area contributed by atoms with E-state index >= 15 is 0 Å². The number of carbonyl (C=O) groups is 2. The number of thiazole rings is 1. The summed E-state index contributed by atoms with van der Waals surface area (Å²) in [6, 6.07) is 5.38. The highest BCUT2D eigenvalue weighted by Gasteiger charge is 2.40. The van der Waals surface area contributed by atoms with E-state index in [1.807, 2.05) is 13.8 Å². The summed E-state index contributed by atoms with van der Waals surface area (Å²) < 4.78 is 26.1. The lowest BCUT2D eigenvalue weighted by Gasteiger charge is -2.27. The molecule has 1 aromatic heterocycles. The van der Waals surface area contributed by atoms with Gasteiger partial charge in [-0.2, -0.15) is 0 Å². The van der Waals surface area contributed by atoms with E-state index in [2.05, 4.69) is 10.3 Å². The normalized spacial score (nSPS) is 19.2. The molecule has 4 N–H and O–H groups in total. The van der Waals surface area contributed by atoms with Crippen molar-refractivity contribution in [1.82, 2.24) is 15.2 Å². The van der Waals surface area contributed by atoms with Crippen molar-refractivity contribution in [2.24, 2.45) is 11.7 Å². The Labute approximate surface area is 195 Å². The third-order valence-electron chi connectivity index (χ3n) is 5.35. The predicted octanol–water partition coefficient (Wildman–Crippen LogP) is 2.73. The number of aliphatic hydroxyl groups excluding tert-OH is 1. The van der Waals surface area contributed by atoms with E-state index in [9.17, 15) is 23.5 Å². The fourth-order valence-corrected chi connectivity index (χ4v) is 4.30. The van der Waals surface area contributed by atoms with E-state index in [1.165, 1.54) is 10.4 Å². The maximum absolute atomic E-state index is 13.0. The summed E-state index contributed by atoms with van der Waals surface area (Å²) in [5, 5.41) is 12.8. The van der Waals surface area contributed by atoms with Crippen molar-refractivity contribution in [3.8, 4) is 10.4 Å². The van der Waals surface area contributed by atoms with Crippen LogP contribution in [0.25, 0.3) is 10.4 Å². The Bertz CT molecular complexity index is 926. The number of nitrogens with two attached hydrogens (primary N) is 1. The van der Waals surface area contributed by atoms with Crippen LogP contribution in [0.15, 0.2) is 29.8 Å². The first-order valence-electron chi connectivity index (χ1n) is 10.0. The Hall–Kier alpha value is -2.14. The van der Waals surface area contributed by atoms with Crippen molar-refractivity contribution in [3.63, 3.8) is 0 Å². The number of aliphatic hydroxyl groups is 1. The summed E-state index contributed by atoms with van der Waals surface area (Å²) in [4.78, 5) is 30.8. The average molecular weight is 489 g/mol.